The van der Waals surface area contributed by atoms with Crippen molar-refractivity contribution in [2.24, 2.45) is 4.99 Å². The number of halogens is 2. The Hall–Kier alpha value is -1.62. The summed E-state index contributed by atoms with van der Waals surface area (Å²) in [5.41, 5.74) is 0.710. The molecule has 7 nitrogen and oxygen atoms in total. The molecule has 2 aliphatic heterocycles. The highest BCUT2D eigenvalue weighted by molar-refractivity contribution is 14.0. The summed E-state index contributed by atoms with van der Waals surface area (Å²) in [6.07, 6.45) is 1.00. The molecule has 9 heteroatoms. The number of nitrogens with one attached hydrogen (secondary N) is 1. The van der Waals surface area contributed by atoms with Crippen LogP contribution in [-0.4, -0.2) is 98.6 Å². The minimum atomic E-state index is -0.139. The van der Waals surface area contributed by atoms with Gasteiger partial charge in [0.2, 0.25) is 5.91 Å². The van der Waals surface area contributed by atoms with Gasteiger partial charge in [-0.3, -0.25) is 14.7 Å². The second-order valence-corrected chi connectivity index (χ2v) is 7.86. The second-order valence-electron chi connectivity index (χ2n) is 7.86. The highest BCUT2D eigenvalue weighted by Crippen LogP contribution is 2.20. The van der Waals surface area contributed by atoms with Crippen LogP contribution in [0.2, 0.25) is 0 Å². The largest absolute Gasteiger partial charge is 0.367 e. The zero-order valence-electron chi connectivity index (χ0n) is 18.7. The first-order chi connectivity index (χ1) is 14.6. The van der Waals surface area contributed by atoms with Gasteiger partial charge in [-0.1, -0.05) is 12.1 Å². The van der Waals surface area contributed by atoms with Crippen LogP contribution >= 0.6 is 24.0 Å². The third-order valence-corrected chi connectivity index (χ3v) is 5.82. The van der Waals surface area contributed by atoms with Gasteiger partial charge in [-0.05, 0) is 25.5 Å². The van der Waals surface area contributed by atoms with Crippen molar-refractivity contribution in [3.05, 3.63) is 30.1 Å². The Morgan fingerprint density at radius 1 is 1.03 bits per heavy atom. The van der Waals surface area contributed by atoms with Crippen molar-refractivity contribution < 1.29 is 9.18 Å². The zero-order chi connectivity index (χ0) is 21.3. The maximum Gasteiger partial charge on any atom is 0.219 e. The molecule has 0 bridgehead atoms. The normalized spacial score (nSPS) is 18.0. The van der Waals surface area contributed by atoms with Gasteiger partial charge in [0.15, 0.2) is 5.96 Å². The van der Waals surface area contributed by atoms with Crippen LogP contribution in [0.3, 0.4) is 0 Å². The van der Waals surface area contributed by atoms with Crippen LogP contribution in [-0.2, 0) is 4.79 Å². The molecule has 31 heavy (non-hydrogen) atoms. The van der Waals surface area contributed by atoms with Crippen molar-refractivity contribution in [2.45, 2.75) is 20.3 Å². The molecule has 2 fully saturated rings. The van der Waals surface area contributed by atoms with E-state index in [0.29, 0.717) is 5.69 Å². The molecule has 2 saturated heterocycles. The number of hydrogen-bond acceptors (Lipinski definition) is 4. The number of anilines is 1. The van der Waals surface area contributed by atoms with Gasteiger partial charge >= 0.3 is 0 Å². The van der Waals surface area contributed by atoms with Crippen molar-refractivity contribution >= 4 is 41.5 Å². The Kier molecular flexibility index (Phi) is 10.8. The van der Waals surface area contributed by atoms with Gasteiger partial charge in [-0.15, -0.1) is 24.0 Å². The molecule has 0 unspecified atom stereocenters. The summed E-state index contributed by atoms with van der Waals surface area (Å²) < 4.78 is 14.0. The van der Waals surface area contributed by atoms with E-state index in [9.17, 15) is 9.18 Å². The fraction of sp³-hybridized carbons (Fsp3) is 0.636. The molecule has 1 aromatic carbocycles. The van der Waals surface area contributed by atoms with Crippen molar-refractivity contribution in [2.75, 3.05) is 76.9 Å². The first-order valence-corrected chi connectivity index (χ1v) is 11.1. The Morgan fingerprint density at radius 3 is 2.29 bits per heavy atom. The average molecular weight is 546 g/mol. The minimum Gasteiger partial charge on any atom is -0.367 e. The summed E-state index contributed by atoms with van der Waals surface area (Å²) >= 11 is 0. The van der Waals surface area contributed by atoms with Gasteiger partial charge in [-0.25, -0.2) is 4.39 Å². The van der Waals surface area contributed by atoms with Gasteiger partial charge in [0.25, 0.3) is 0 Å². The number of benzene rings is 1. The highest BCUT2D eigenvalue weighted by Gasteiger charge is 2.21. The third-order valence-electron chi connectivity index (χ3n) is 5.82. The molecule has 0 spiro atoms. The standard InChI is InChI=1S/C22H35FN6O.HI/c1-3-24-22(29-17-15-27(16-18-29)19(2)30)25-9-6-10-26-11-13-28(14-12-26)21-8-5-4-7-20(21)23;/h4-5,7-8H,3,6,9-18H2,1-2H3,(H,24,25);1H. The van der Waals surface area contributed by atoms with Crippen LogP contribution in [0, 0.1) is 5.82 Å². The van der Waals surface area contributed by atoms with Crippen molar-refractivity contribution in [3.63, 3.8) is 0 Å². The number of rotatable bonds is 6. The van der Waals surface area contributed by atoms with Crippen LogP contribution < -0.4 is 10.2 Å². The summed E-state index contributed by atoms with van der Waals surface area (Å²) in [4.78, 5) is 25.0. The molecule has 0 atom stereocenters. The lowest BCUT2D eigenvalue weighted by atomic mass is 10.2. The van der Waals surface area contributed by atoms with Crippen molar-refractivity contribution in [1.29, 1.82) is 0 Å². The predicted octanol–water partition coefficient (Wildman–Crippen LogP) is 2.09. The van der Waals surface area contributed by atoms with Gasteiger partial charge in [0.1, 0.15) is 5.82 Å². The number of amides is 1. The predicted molar refractivity (Wildman–Crippen MR) is 135 cm³/mol. The molecule has 3 rings (SSSR count). The Labute approximate surface area is 202 Å². The van der Waals surface area contributed by atoms with Crippen LogP contribution in [0.5, 0.6) is 0 Å². The molecule has 1 aromatic rings. The van der Waals surface area contributed by atoms with E-state index in [1.54, 1.807) is 13.0 Å². The Balaban J connectivity index is 0.00000341. The number of guanidine groups is 1. The molecule has 2 aliphatic rings. The van der Waals surface area contributed by atoms with Gasteiger partial charge in [0, 0.05) is 78.9 Å². The lowest BCUT2D eigenvalue weighted by Crippen LogP contribution is -2.53. The number of carbonyl (C=O) groups excluding carboxylic acids is 1. The number of hydrogen-bond donors (Lipinski definition) is 1. The molecule has 0 aliphatic carbocycles. The first kappa shape index (κ1) is 25.6. The molecule has 1 amide bonds. The summed E-state index contributed by atoms with van der Waals surface area (Å²) in [5, 5.41) is 3.38. The number of aliphatic imine (C=N–C) groups is 1. The Bertz CT molecular complexity index is 718. The number of piperazine rings is 2. The summed E-state index contributed by atoms with van der Waals surface area (Å²) in [6, 6.07) is 7.02. The quantitative estimate of drug-likeness (QED) is 0.257. The van der Waals surface area contributed by atoms with Crippen molar-refractivity contribution in [1.82, 2.24) is 20.0 Å². The van der Waals surface area contributed by atoms with Crippen LogP contribution in [0.1, 0.15) is 20.3 Å². The van der Waals surface area contributed by atoms with E-state index >= 15 is 0 Å². The maximum absolute atomic E-state index is 14.0. The molecule has 0 saturated carbocycles. The van der Waals surface area contributed by atoms with E-state index in [4.69, 9.17) is 4.99 Å². The van der Waals surface area contributed by atoms with Crippen molar-refractivity contribution in [3.8, 4) is 0 Å². The number of nitrogens with zero attached hydrogens (tertiary/aromatic N) is 5. The van der Waals surface area contributed by atoms with Crippen LogP contribution in [0.4, 0.5) is 10.1 Å². The van der Waals surface area contributed by atoms with Gasteiger partial charge in [0.05, 0.1) is 5.69 Å². The van der Waals surface area contributed by atoms with E-state index in [1.807, 2.05) is 17.0 Å². The van der Waals surface area contributed by atoms with Gasteiger partial charge < -0.3 is 20.0 Å². The molecular weight excluding hydrogens is 510 g/mol. The molecule has 0 radical (unpaired) electrons. The summed E-state index contributed by atoms with van der Waals surface area (Å²) in [5.74, 6) is 0.956. The minimum absolute atomic E-state index is 0. The van der Waals surface area contributed by atoms with E-state index < -0.39 is 0 Å². The molecular formula is C22H36FIN6O. The van der Waals surface area contributed by atoms with Crippen LogP contribution in [0.15, 0.2) is 29.3 Å². The van der Waals surface area contributed by atoms with Crippen LogP contribution in [0.25, 0.3) is 0 Å². The average Bonchev–Trinajstić information content (AvgIpc) is 2.77. The van der Waals surface area contributed by atoms with E-state index in [2.05, 4.69) is 26.9 Å². The Morgan fingerprint density at radius 2 is 1.68 bits per heavy atom. The smallest absolute Gasteiger partial charge is 0.219 e. The lowest BCUT2D eigenvalue weighted by Gasteiger charge is -2.36. The number of para-hydroxylation sites is 1. The fourth-order valence-electron chi connectivity index (χ4n) is 4.06. The van der Waals surface area contributed by atoms with Gasteiger partial charge in [-0.2, -0.15) is 0 Å². The lowest BCUT2D eigenvalue weighted by molar-refractivity contribution is -0.130. The molecule has 174 valence electrons. The monoisotopic (exact) mass is 546 g/mol. The molecule has 2 heterocycles. The highest BCUT2D eigenvalue weighted by atomic mass is 127. The fourth-order valence-corrected chi connectivity index (χ4v) is 4.06. The topological polar surface area (TPSA) is 54.4 Å². The summed E-state index contributed by atoms with van der Waals surface area (Å²) in [6.45, 7) is 13.1. The zero-order valence-corrected chi connectivity index (χ0v) is 21.1. The molecule has 1 N–H and O–H groups in total. The SMILES string of the molecule is CCNC(=NCCCN1CCN(c2ccccc2F)CC1)N1CCN(C(C)=O)CC1.I. The van der Waals surface area contributed by atoms with E-state index in [-0.39, 0.29) is 35.7 Å². The van der Waals surface area contributed by atoms with E-state index in [0.717, 1.165) is 84.4 Å². The first-order valence-electron chi connectivity index (χ1n) is 11.1. The molecule has 0 aromatic heterocycles. The maximum atomic E-state index is 14.0. The number of carbonyl (C=O) groups is 1. The summed E-state index contributed by atoms with van der Waals surface area (Å²) in [7, 11) is 0. The second kappa shape index (κ2) is 13.0. The third kappa shape index (κ3) is 7.48. The van der Waals surface area contributed by atoms with E-state index in [1.165, 1.54) is 6.07 Å².